The van der Waals surface area contributed by atoms with Gasteiger partial charge in [-0.15, -0.1) is 0 Å². The fraction of sp³-hybridized carbons (Fsp3) is 0.222. The first kappa shape index (κ1) is 9.82. The van der Waals surface area contributed by atoms with Crippen molar-refractivity contribution in [2.45, 2.75) is 13.3 Å². The van der Waals surface area contributed by atoms with Crippen molar-refractivity contribution in [3.05, 3.63) is 27.1 Å². The molecule has 1 aromatic carbocycles. The number of aromatic amines is 1. The lowest BCUT2D eigenvalue weighted by Gasteiger charge is -1.95. The summed E-state index contributed by atoms with van der Waals surface area (Å²) in [5.74, 6) is -0.257. The maximum atomic E-state index is 12.4. The lowest BCUT2D eigenvalue weighted by Crippen LogP contribution is -1.85. The topological polar surface area (TPSA) is 28.7 Å². The zero-order chi connectivity index (χ0) is 10.3. The van der Waals surface area contributed by atoms with Gasteiger partial charge in [0.05, 0.1) is 11.0 Å². The molecule has 1 heterocycles. The Morgan fingerprint density at radius 2 is 2.14 bits per heavy atom. The average Bonchev–Trinajstić information content (AvgIpc) is 2.57. The third kappa shape index (κ3) is 1.49. The van der Waals surface area contributed by atoms with E-state index in [0.717, 1.165) is 9.13 Å². The second kappa shape index (κ2) is 3.45. The van der Waals surface area contributed by atoms with Gasteiger partial charge in [-0.1, -0.05) is 6.07 Å². The van der Waals surface area contributed by atoms with Gasteiger partial charge >= 0.3 is 0 Å². The van der Waals surface area contributed by atoms with Crippen LogP contribution >= 0.6 is 22.6 Å². The molecule has 0 saturated carbocycles. The van der Waals surface area contributed by atoms with Gasteiger partial charge in [0.15, 0.2) is 5.82 Å². The molecule has 0 aliphatic rings. The third-order valence-corrected chi connectivity index (χ3v) is 2.92. The number of aromatic nitrogens is 2. The summed E-state index contributed by atoms with van der Waals surface area (Å²) < 4.78 is 25.7. The summed E-state index contributed by atoms with van der Waals surface area (Å²) in [7, 11) is 0. The molecule has 2 rings (SSSR count). The Kier molecular flexibility index (Phi) is 2.42. The first-order valence-corrected chi connectivity index (χ1v) is 5.10. The van der Waals surface area contributed by atoms with E-state index in [0.29, 0.717) is 11.0 Å². The van der Waals surface area contributed by atoms with Crippen molar-refractivity contribution in [3.63, 3.8) is 0 Å². The molecular formula is C9H7F2IN2. The van der Waals surface area contributed by atoms with Gasteiger partial charge in [0.2, 0.25) is 0 Å². The molecule has 0 radical (unpaired) electrons. The second-order valence-corrected chi connectivity index (χ2v) is 4.17. The van der Waals surface area contributed by atoms with Gasteiger partial charge in [-0.05, 0) is 41.1 Å². The van der Waals surface area contributed by atoms with Gasteiger partial charge in [-0.2, -0.15) is 0 Å². The molecule has 2 aromatic rings. The molecule has 0 amide bonds. The van der Waals surface area contributed by atoms with Crippen LogP contribution in [0.25, 0.3) is 11.0 Å². The van der Waals surface area contributed by atoms with Crippen molar-refractivity contribution < 1.29 is 8.78 Å². The van der Waals surface area contributed by atoms with Gasteiger partial charge in [-0.25, -0.2) is 13.8 Å². The number of halogens is 3. The summed E-state index contributed by atoms with van der Waals surface area (Å²) in [5, 5.41) is 0. The van der Waals surface area contributed by atoms with Crippen LogP contribution in [0.3, 0.4) is 0 Å². The predicted molar refractivity (Wildman–Crippen MR) is 58.5 cm³/mol. The van der Waals surface area contributed by atoms with Crippen molar-refractivity contribution in [2.24, 2.45) is 0 Å². The molecule has 0 aliphatic carbocycles. The normalized spacial score (nSPS) is 11.5. The SMILES string of the molecule is Cc1ccc(I)c2[nH]c(C(F)F)nc12. The highest BCUT2D eigenvalue weighted by molar-refractivity contribution is 14.1. The highest BCUT2D eigenvalue weighted by atomic mass is 127. The predicted octanol–water partition coefficient (Wildman–Crippen LogP) is 3.41. The Labute approximate surface area is 92.9 Å². The number of rotatable bonds is 1. The van der Waals surface area contributed by atoms with Crippen molar-refractivity contribution in [1.29, 1.82) is 0 Å². The van der Waals surface area contributed by atoms with Crippen molar-refractivity contribution in [3.8, 4) is 0 Å². The Balaban J connectivity index is 2.75. The Morgan fingerprint density at radius 1 is 1.43 bits per heavy atom. The van der Waals surface area contributed by atoms with Gasteiger partial charge < -0.3 is 4.98 Å². The van der Waals surface area contributed by atoms with E-state index in [-0.39, 0.29) is 5.82 Å². The van der Waals surface area contributed by atoms with E-state index in [2.05, 4.69) is 32.6 Å². The average molecular weight is 308 g/mol. The molecule has 0 fully saturated rings. The molecule has 0 bridgehead atoms. The maximum absolute atomic E-state index is 12.4. The fourth-order valence-corrected chi connectivity index (χ4v) is 1.88. The van der Waals surface area contributed by atoms with Crippen LogP contribution in [-0.2, 0) is 0 Å². The third-order valence-electron chi connectivity index (χ3n) is 2.02. The molecular weight excluding hydrogens is 301 g/mol. The molecule has 0 saturated heterocycles. The molecule has 1 N–H and O–H groups in total. The molecule has 0 atom stereocenters. The standard InChI is InChI=1S/C9H7F2IN2/c1-4-2-3-5(12)7-6(4)13-9(14-7)8(10)11/h2-3,8H,1H3,(H,13,14). The number of hydrogen-bond donors (Lipinski definition) is 1. The molecule has 5 heteroatoms. The smallest absolute Gasteiger partial charge is 0.295 e. The van der Waals surface area contributed by atoms with E-state index in [9.17, 15) is 8.78 Å². The number of hydrogen-bond acceptors (Lipinski definition) is 1. The minimum absolute atomic E-state index is 0.257. The van der Waals surface area contributed by atoms with Gasteiger partial charge in [0, 0.05) is 3.57 Å². The molecule has 14 heavy (non-hydrogen) atoms. The zero-order valence-corrected chi connectivity index (χ0v) is 9.47. The van der Waals surface area contributed by atoms with Gasteiger partial charge in [0.25, 0.3) is 6.43 Å². The Hall–Kier alpha value is -0.720. The van der Waals surface area contributed by atoms with Crippen LogP contribution in [0, 0.1) is 10.5 Å². The van der Waals surface area contributed by atoms with Crippen LogP contribution in [0.15, 0.2) is 12.1 Å². The second-order valence-electron chi connectivity index (χ2n) is 3.01. The molecule has 0 aliphatic heterocycles. The van der Waals surface area contributed by atoms with E-state index in [1.807, 2.05) is 19.1 Å². The van der Waals surface area contributed by atoms with Crippen LogP contribution in [0.4, 0.5) is 8.78 Å². The molecule has 2 nitrogen and oxygen atoms in total. The largest absolute Gasteiger partial charge is 0.336 e. The van der Waals surface area contributed by atoms with Crippen LogP contribution in [-0.4, -0.2) is 9.97 Å². The van der Waals surface area contributed by atoms with Crippen molar-refractivity contribution >= 4 is 33.6 Å². The minimum Gasteiger partial charge on any atom is -0.336 e. The summed E-state index contributed by atoms with van der Waals surface area (Å²) in [4.78, 5) is 6.50. The van der Waals surface area contributed by atoms with Crippen molar-refractivity contribution in [1.82, 2.24) is 9.97 Å². The maximum Gasteiger partial charge on any atom is 0.295 e. The number of benzene rings is 1. The monoisotopic (exact) mass is 308 g/mol. The zero-order valence-electron chi connectivity index (χ0n) is 7.31. The fourth-order valence-electron chi connectivity index (χ4n) is 1.31. The molecule has 1 aromatic heterocycles. The van der Waals surface area contributed by atoms with Crippen LogP contribution < -0.4 is 0 Å². The van der Waals surface area contributed by atoms with Crippen molar-refractivity contribution in [2.75, 3.05) is 0 Å². The highest BCUT2D eigenvalue weighted by Gasteiger charge is 2.14. The summed E-state index contributed by atoms with van der Waals surface area (Å²) in [6, 6.07) is 3.76. The Bertz CT molecular complexity index is 440. The van der Waals surface area contributed by atoms with E-state index in [4.69, 9.17) is 0 Å². The van der Waals surface area contributed by atoms with E-state index in [1.165, 1.54) is 0 Å². The summed E-state index contributed by atoms with van der Waals surface area (Å²) in [6.07, 6.45) is -2.54. The first-order chi connectivity index (χ1) is 6.59. The first-order valence-electron chi connectivity index (χ1n) is 4.02. The Morgan fingerprint density at radius 3 is 2.71 bits per heavy atom. The van der Waals surface area contributed by atoms with Crippen LogP contribution in [0.1, 0.15) is 17.8 Å². The number of fused-ring (bicyclic) bond motifs is 1. The van der Waals surface area contributed by atoms with Gasteiger partial charge in [0.1, 0.15) is 0 Å². The van der Waals surface area contributed by atoms with Crippen LogP contribution in [0.5, 0.6) is 0 Å². The number of imidazole rings is 1. The lowest BCUT2D eigenvalue weighted by molar-refractivity contribution is 0.142. The molecule has 74 valence electrons. The molecule has 0 unspecified atom stereocenters. The number of aryl methyl sites for hydroxylation is 1. The molecule has 0 spiro atoms. The lowest BCUT2D eigenvalue weighted by atomic mass is 10.2. The minimum atomic E-state index is -2.54. The number of nitrogens with one attached hydrogen (secondary N) is 1. The summed E-state index contributed by atoms with van der Waals surface area (Å²) >= 11 is 2.10. The van der Waals surface area contributed by atoms with E-state index < -0.39 is 6.43 Å². The summed E-state index contributed by atoms with van der Waals surface area (Å²) in [5.41, 5.74) is 2.23. The van der Waals surface area contributed by atoms with Crippen LogP contribution in [0.2, 0.25) is 0 Å². The number of H-pyrrole nitrogens is 1. The number of nitrogens with zero attached hydrogens (tertiary/aromatic N) is 1. The van der Waals surface area contributed by atoms with E-state index in [1.54, 1.807) is 0 Å². The quantitative estimate of drug-likeness (QED) is 0.804. The summed E-state index contributed by atoms with van der Waals surface area (Å²) in [6.45, 7) is 1.86. The highest BCUT2D eigenvalue weighted by Crippen LogP contribution is 2.25. The number of alkyl halides is 2. The van der Waals surface area contributed by atoms with Gasteiger partial charge in [-0.3, -0.25) is 0 Å². The van der Waals surface area contributed by atoms with E-state index >= 15 is 0 Å².